The number of likely N-dealkylation sites (tertiary alicyclic amines) is 1. The minimum Gasteiger partial charge on any atom is -0.491 e. The Morgan fingerprint density at radius 1 is 1.19 bits per heavy atom. The van der Waals surface area contributed by atoms with E-state index in [1.54, 1.807) is 47.4 Å². The van der Waals surface area contributed by atoms with Crippen LogP contribution in [0.15, 0.2) is 48.5 Å². The number of para-hydroxylation sites is 1. The van der Waals surface area contributed by atoms with Crippen LogP contribution >= 0.6 is 0 Å². The molecule has 1 heterocycles. The van der Waals surface area contributed by atoms with E-state index >= 15 is 0 Å². The maximum absolute atomic E-state index is 14.4. The molecule has 1 aliphatic heterocycles. The van der Waals surface area contributed by atoms with Crippen LogP contribution in [-0.4, -0.2) is 36.0 Å². The first-order valence-electron chi connectivity index (χ1n) is 9.06. The highest BCUT2D eigenvalue weighted by molar-refractivity contribution is 6.06. The number of rotatable bonds is 6. The second-order valence-corrected chi connectivity index (χ2v) is 6.78. The molecule has 1 aliphatic rings. The van der Waals surface area contributed by atoms with Crippen molar-refractivity contribution in [2.24, 2.45) is 0 Å². The van der Waals surface area contributed by atoms with Gasteiger partial charge in [0, 0.05) is 18.5 Å². The molecule has 3 rings (SSSR count). The van der Waals surface area contributed by atoms with Crippen molar-refractivity contribution in [2.45, 2.75) is 32.8 Å². The highest BCUT2D eigenvalue weighted by Gasteiger charge is 2.27. The summed E-state index contributed by atoms with van der Waals surface area (Å²) in [4.78, 5) is 28.0. The Hall–Kier alpha value is -2.89. The number of carbonyl (C=O) groups is 2. The van der Waals surface area contributed by atoms with Crippen LogP contribution in [0.25, 0.3) is 0 Å². The van der Waals surface area contributed by atoms with Gasteiger partial charge in [0.2, 0.25) is 5.91 Å². The predicted octanol–water partition coefficient (Wildman–Crippen LogP) is 3.84. The second-order valence-electron chi connectivity index (χ2n) is 6.78. The molecular formula is C21H23FN2O3. The number of halogens is 1. The van der Waals surface area contributed by atoms with Crippen LogP contribution in [0, 0.1) is 5.82 Å². The fourth-order valence-electron chi connectivity index (χ4n) is 3.05. The van der Waals surface area contributed by atoms with E-state index in [0.29, 0.717) is 24.3 Å². The van der Waals surface area contributed by atoms with Crippen molar-refractivity contribution in [3.05, 3.63) is 59.9 Å². The number of hydrogen-bond donors (Lipinski definition) is 0. The molecule has 0 aliphatic carbocycles. The van der Waals surface area contributed by atoms with E-state index in [1.807, 2.05) is 13.8 Å². The summed E-state index contributed by atoms with van der Waals surface area (Å²) in [5.74, 6) is -0.230. The van der Waals surface area contributed by atoms with E-state index in [4.69, 9.17) is 4.74 Å². The zero-order chi connectivity index (χ0) is 19.4. The van der Waals surface area contributed by atoms with Gasteiger partial charge in [0.05, 0.1) is 11.8 Å². The normalized spacial score (nSPS) is 13.9. The van der Waals surface area contributed by atoms with Crippen molar-refractivity contribution in [3.63, 3.8) is 0 Å². The van der Waals surface area contributed by atoms with E-state index < -0.39 is 5.82 Å². The first kappa shape index (κ1) is 18.9. The largest absolute Gasteiger partial charge is 0.491 e. The third-order valence-corrected chi connectivity index (χ3v) is 4.34. The summed E-state index contributed by atoms with van der Waals surface area (Å²) in [6, 6.07) is 12.8. The third kappa shape index (κ3) is 4.45. The molecule has 0 aromatic heterocycles. The van der Waals surface area contributed by atoms with Crippen molar-refractivity contribution < 1.29 is 18.7 Å². The number of amides is 2. The number of nitrogens with zero attached hydrogens (tertiary/aromatic N) is 2. The topological polar surface area (TPSA) is 49.9 Å². The molecule has 0 unspecified atom stereocenters. The summed E-state index contributed by atoms with van der Waals surface area (Å²) in [6.45, 7) is 4.44. The van der Waals surface area contributed by atoms with Gasteiger partial charge in [0.1, 0.15) is 18.2 Å². The molecule has 2 aromatic carbocycles. The lowest BCUT2D eigenvalue weighted by atomic mass is 10.1. The molecule has 2 amide bonds. The second kappa shape index (κ2) is 8.20. The highest BCUT2D eigenvalue weighted by Crippen LogP contribution is 2.24. The first-order chi connectivity index (χ1) is 13.0. The molecule has 0 spiro atoms. The Morgan fingerprint density at radius 3 is 2.48 bits per heavy atom. The number of ether oxygens (including phenoxy) is 1. The molecule has 6 heteroatoms. The third-order valence-electron chi connectivity index (χ3n) is 4.34. The smallest absolute Gasteiger partial charge is 0.259 e. The van der Waals surface area contributed by atoms with Gasteiger partial charge in [-0.25, -0.2) is 4.39 Å². The molecule has 5 nitrogen and oxygen atoms in total. The van der Waals surface area contributed by atoms with Gasteiger partial charge in [-0.1, -0.05) is 12.1 Å². The molecule has 1 fully saturated rings. The van der Waals surface area contributed by atoms with E-state index in [0.717, 1.165) is 6.42 Å². The lowest BCUT2D eigenvalue weighted by Gasteiger charge is -2.28. The van der Waals surface area contributed by atoms with Gasteiger partial charge in [0.15, 0.2) is 0 Å². The molecule has 1 saturated heterocycles. The van der Waals surface area contributed by atoms with Gasteiger partial charge >= 0.3 is 0 Å². The maximum Gasteiger partial charge on any atom is 0.259 e. The molecule has 0 saturated carbocycles. The first-order valence-corrected chi connectivity index (χ1v) is 9.06. The van der Waals surface area contributed by atoms with Crippen LogP contribution < -0.4 is 9.64 Å². The highest BCUT2D eigenvalue weighted by atomic mass is 19.1. The minimum atomic E-state index is -0.503. The quantitative estimate of drug-likeness (QED) is 0.776. The molecule has 0 atom stereocenters. The van der Waals surface area contributed by atoms with Crippen molar-refractivity contribution in [1.29, 1.82) is 0 Å². The minimum absolute atomic E-state index is 0.0233. The molecule has 142 valence electrons. The fourth-order valence-corrected chi connectivity index (χ4v) is 3.05. The number of carbonyl (C=O) groups excluding carboxylic acids is 2. The van der Waals surface area contributed by atoms with Gasteiger partial charge in [-0.05, 0) is 56.7 Å². The van der Waals surface area contributed by atoms with Crippen molar-refractivity contribution in [2.75, 3.05) is 18.1 Å². The SMILES string of the molecule is CC(C)Oc1ccc(C(=O)N(CN2CCCC2=O)c2ccccc2F)cc1. The van der Waals surface area contributed by atoms with Crippen LogP contribution in [0.3, 0.4) is 0 Å². The Balaban J connectivity index is 1.88. The summed E-state index contributed by atoms with van der Waals surface area (Å²) in [5, 5.41) is 0. The van der Waals surface area contributed by atoms with Crippen LogP contribution in [0.4, 0.5) is 10.1 Å². The van der Waals surface area contributed by atoms with E-state index in [2.05, 4.69) is 0 Å². The number of anilines is 1. The van der Waals surface area contributed by atoms with Crippen molar-refractivity contribution >= 4 is 17.5 Å². The Kier molecular flexibility index (Phi) is 5.74. The lowest BCUT2D eigenvalue weighted by Crippen LogP contribution is -2.42. The predicted molar refractivity (Wildman–Crippen MR) is 101 cm³/mol. The monoisotopic (exact) mass is 370 g/mol. The molecule has 0 bridgehead atoms. The number of benzene rings is 2. The summed E-state index contributed by atoms with van der Waals surface area (Å²) >= 11 is 0. The van der Waals surface area contributed by atoms with Crippen LogP contribution in [0.5, 0.6) is 5.75 Å². The molecule has 0 radical (unpaired) electrons. The average molecular weight is 370 g/mol. The summed E-state index contributed by atoms with van der Waals surface area (Å²) < 4.78 is 20.0. The fraction of sp³-hybridized carbons (Fsp3) is 0.333. The summed E-state index contributed by atoms with van der Waals surface area (Å²) in [7, 11) is 0. The Labute approximate surface area is 158 Å². The van der Waals surface area contributed by atoms with Crippen LogP contribution in [0.2, 0.25) is 0 Å². The van der Waals surface area contributed by atoms with Crippen LogP contribution in [-0.2, 0) is 4.79 Å². The van der Waals surface area contributed by atoms with Crippen molar-refractivity contribution in [1.82, 2.24) is 4.90 Å². The number of hydrogen-bond acceptors (Lipinski definition) is 3. The standard InChI is InChI=1S/C21H23FN2O3/c1-15(2)27-17-11-9-16(10-12-17)21(26)24(14-23-13-5-8-20(23)25)19-7-4-3-6-18(19)22/h3-4,6-7,9-12,15H,5,8,13-14H2,1-2H3. The van der Waals surface area contributed by atoms with E-state index in [-0.39, 0.29) is 30.3 Å². The molecule has 27 heavy (non-hydrogen) atoms. The molecular weight excluding hydrogens is 347 g/mol. The van der Waals surface area contributed by atoms with Gasteiger partial charge in [0.25, 0.3) is 5.91 Å². The van der Waals surface area contributed by atoms with Gasteiger partial charge in [-0.2, -0.15) is 0 Å². The lowest BCUT2D eigenvalue weighted by molar-refractivity contribution is -0.127. The maximum atomic E-state index is 14.4. The average Bonchev–Trinajstić information content (AvgIpc) is 3.05. The Bertz CT molecular complexity index is 820. The summed E-state index contributed by atoms with van der Waals surface area (Å²) in [6.07, 6.45) is 1.24. The van der Waals surface area contributed by atoms with Gasteiger partial charge in [-0.15, -0.1) is 0 Å². The zero-order valence-electron chi connectivity index (χ0n) is 15.5. The molecule has 2 aromatic rings. The van der Waals surface area contributed by atoms with Gasteiger partial charge in [-0.3, -0.25) is 14.5 Å². The van der Waals surface area contributed by atoms with E-state index in [1.165, 1.54) is 11.0 Å². The Morgan fingerprint density at radius 2 is 1.89 bits per heavy atom. The summed E-state index contributed by atoms with van der Waals surface area (Å²) in [5.41, 5.74) is 0.561. The van der Waals surface area contributed by atoms with Gasteiger partial charge < -0.3 is 9.64 Å². The van der Waals surface area contributed by atoms with Crippen molar-refractivity contribution in [3.8, 4) is 5.75 Å². The van der Waals surface area contributed by atoms with Crippen LogP contribution in [0.1, 0.15) is 37.0 Å². The molecule has 0 N–H and O–H groups in total. The van der Waals surface area contributed by atoms with E-state index in [9.17, 15) is 14.0 Å². The zero-order valence-corrected chi connectivity index (χ0v) is 15.5.